The van der Waals surface area contributed by atoms with Gasteiger partial charge in [0.1, 0.15) is 0 Å². The minimum Gasteiger partial charge on any atom is -0.289 e. The van der Waals surface area contributed by atoms with Gasteiger partial charge in [0, 0.05) is 16.7 Å². The van der Waals surface area contributed by atoms with Crippen molar-refractivity contribution < 1.29 is 4.79 Å². The SMILES string of the molecule is CC(C)(C)c1ccccc1[S+](CC(=O)c1ccccc1)c1ccccc1C(C)(C)C. The van der Waals surface area contributed by atoms with Gasteiger partial charge in [-0.1, -0.05) is 108 Å². The Kier molecular flexibility index (Phi) is 6.57. The Morgan fingerprint density at radius 3 is 1.47 bits per heavy atom. The monoisotopic (exact) mass is 417 g/mol. The first kappa shape index (κ1) is 22.4. The van der Waals surface area contributed by atoms with Crippen LogP contribution >= 0.6 is 0 Å². The van der Waals surface area contributed by atoms with Crippen LogP contribution in [-0.4, -0.2) is 11.5 Å². The Balaban J connectivity index is 2.19. The van der Waals surface area contributed by atoms with Crippen LogP contribution in [0, 0.1) is 0 Å². The molecule has 0 radical (unpaired) electrons. The second-order valence-electron chi connectivity index (χ2n) is 9.82. The minimum atomic E-state index is -0.347. The summed E-state index contributed by atoms with van der Waals surface area (Å²) in [6.45, 7) is 13.5. The van der Waals surface area contributed by atoms with E-state index < -0.39 is 0 Å². The lowest BCUT2D eigenvalue weighted by Crippen LogP contribution is -2.25. The summed E-state index contributed by atoms with van der Waals surface area (Å²) in [6, 6.07) is 27.0. The highest BCUT2D eigenvalue weighted by Gasteiger charge is 2.37. The van der Waals surface area contributed by atoms with Crippen LogP contribution in [0.4, 0.5) is 0 Å². The van der Waals surface area contributed by atoms with Crippen molar-refractivity contribution >= 4 is 16.7 Å². The summed E-state index contributed by atoms with van der Waals surface area (Å²) in [4.78, 5) is 15.9. The largest absolute Gasteiger partial charge is 0.289 e. The van der Waals surface area contributed by atoms with Crippen LogP contribution in [0.2, 0.25) is 0 Å². The highest BCUT2D eigenvalue weighted by Crippen LogP contribution is 2.38. The van der Waals surface area contributed by atoms with Gasteiger partial charge in [-0.15, -0.1) is 0 Å². The highest BCUT2D eigenvalue weighted by molar-refractivity contribution is 7.97. The lowest BCUT2D eigenvalue weighted by atomic mass is 9.87. The average molecular weight is 418 g/mol. The van der Waals surface area contributed by atoms with Crippen LogP contribution in [0.1, 0.15) is 63.0 Å². The third-order valence-corrected chi connectivity index (χ3v) is 7.62. The summed E-state index contributed by atoms with van der Waals surface area (Å²) in [7, 11) is -0.347. The Morgan fingerprint density at radius 1 is 0.633 bits per heavy atom. The predicted molar refractivity (Wildman–Crippen MR) is 130 cm³/mol. The summed E-state index contributed by atoms with van der Waals surface area (Å²) in [5.41, 5.74) is 3.44. The second-order valence-corrected chi connectivity index (χ2v) is 11.8. The van der Waals surface area contributed by atoms with E-state index in [1.54, 1.807) is 0 Å². The van der Waals surface area contributed by atoms with Gasteiger partial charge in [0.25, 0.3) is 0 Å². The van der Waals surface area contributed by atoms with Crippen LogP contribution in [0.5, 0.6) is 0 Å². The number of hydrogen-bond donors (Lipinski definition) is 0. The van der Waals surface area contributed by atoms with E-state index in [2.05, 4.69) is 90.1 Å². The van der Waals surface area contributed by atoms with E-state index in [4.69, 9.17) is 0 Å². The first-order valence-corrected chi connectivity index (χ1v) is 12.0. The summed E-state index contributed by atoms with van der Waals surface area (Å²) in [6.07, 6.45) is 0. The van der Waals surface area contributed by atoms with Gasteiger partial charge in [-0.05, 0) is 23.0 Å². The lowest BCUT2D eigenvalue weighted by Gasteiger charge is -2.25. The number of Topliss-reactive ketones (excluding diaryl/α,β-unsaturated/α-hetero) is 1. The molecule has 0 N–H and O–H groups in total. The molecule has 3 aromatic rings. The Bertz CT molecular complexity index is 949. The Hall–Kier alpha value is -2.32. The zero-order valence-corrected chi connectivity index (χ0v) is 19.8. The molecule has 0 atom stereocenters. The van der Waals surface area contributed by atoms with Gasteiger partial charge >= 0.3 is 0 Å². The fraction of sp³-hybridized carbons (Fsp3) is 0.321. The molecular formula is C28H33OS+. The molecule has 0 heterocycles. The van der Waals surface area contributed by atoms with Gasteiger partial charge in [0.05, 0.1) is 10.9 Å². The van der Waals surface area contributed by atoms with Gasteiger partial charge in [-0.2, -0.15) is 0 Å². The number of carbonyl (C=O) groups is 1. The summed E-state index contributed by atoms with van der Waals surface area (Å²) >= 11 is 0. The molecule has 0 aliphatic rings. The maximum absolute atomic E-state index is 13.3. The third kappa shape index (κ3) is 5.05. The topological polar surface area (TPSA) is 17.1 Å². The summed E-state index contributed by atoms with van der Waals surface area (Å²) in [5.74, 6) is 0.691. The fourth-order valence-electron chi connectivity index (χ4n) is 3.71. The number of rotatable bonds is 5. The molecule has 1 nitrogen and oxygen atoms in total. The molecule has 0 fully saturated rings. The van der Waals surface area contributed by atoms with Gasteiger partial charge in [0.2, 0.25) is 5.78 Å². The molecule has 0 saturated carbocycles. The van der Waals surface area contributed by atoms with E-state index in [-0.39, 0.29) is 27.5 Å². The zero-order chi connectivity index (χ0) is 21.9. The van der Waals surface area contributed by atoms with E-state index in [0.717, 1.165) is 5.56 Å². The van der Waals surface area contributed by atoms with Crippen molar-refractivity contribution in [2.45, 2.75) is 62.2 Å². The minimum absolute atomic E-state index is 0.00825. The van der Waals surface area contributed by atoms with Crippen molar-refractivity contribution in [3.05, 3.63) is 95.6 Å². The molecule has 0 bridgehead atoms. The standard InChI is InChI=1S/C28H33OS/c1-27(2,3)22-16-10-12-18-25(22)30(20-24(29)21-14-8-7-9-15-21)26-19-13-11-17-23(26)28(4,5)6/h7-19H,20H2,1-6H3/q+1. The summed E-state index contributed by atoms with van der Waals surface area (Å²) < 4.78 is 0. The molecule has 156 valence electrons. The van der Waals surface area contributed by atoms with Crippen LogP contribution in [0.15, 0.2) is 88.7 Å². The molecular weight excluding hydrogens is 384 g/mol. The average Bonchev–Trinajstić information content (AvgIpc) is 2.71. The number of carbonyl (C=O) groups excluding carboxylic acids is 1. The van der Waals surface area contributed by atoms with Crippen molar-refractivity contribution in [3.63, 3.8) is 0 Å². The quantitative estimate of drug-likeness (QED) is 0.317. The molecule has 3 aromatic carbocycles. The highest BCUT2D eigenvalue weighted by atomic mass is 32.2. The normalized spacial score (nSPS) is 12.2. The first-order chi connectivity index (χ1) is 14.1. The van der Waals surface area contributed by atoms with Gasteiger partial charge in [0.15, 0.2) is 15.5 Å². The maximum Gasteiger partial charge on any atom is 0.212 e. The van der Waals surface area contributed by atoms with Crippen molar-refractivity contribution in [2.75, 3.05) is 5.75 Å². The predicted octanol–water partition coefficient (Wildman–Crippen LogP) is 7.20. The second kappa shape index (κ2) is 8.81. The van der Waals surface area contributed by atoms with E-state index in [0.29, 0.717) is 5.75 Å². The van der Waals surface area contributed by atoms with Gasteiger partial charge in [-0.25, -0.2) is 0 Å². The lowest BCUT2D eigenvalue weighted by molar-refractivity contribution is 0.102. The molecule has 2 heteroatoms. The molecule has 0 unspecified atom stereocenters. The molecule has 30 heavy (non-hydrogen) atoms. The molecule has 0 aliphatic heterocycles. The smallest absolute Gasteiger partial charge is 0.212 e. The first-order valence-electron chi connectivity index (χ1n) is 10.6. The molecule has 0 spiro atoms. The summed E-state index contributed by atoms with van der Waals surface area (Å²) in [5, 5.41) is 0. The van der Waals surface area contributed by atoms with E-state index >= 15 is 0 Å². The third-order valence-electron chi connectivity index (χ3n) is 5.29. The maximum atomic E-state index is 13.3. The van der Waals surface area contributed by atoms with E-state index in [9.17, 15) is 4.79 Å². The van der Waals surface area contributed by atoms with Crippen molar-refractivity contribution in [2.24, 2.45) is 0 Å². The van der Waals surface area contributed by atoms with Crippen LogP contribution in [0.25, 0.3) is 0 Å². The number of ketones is 1. The number of hydrogen-bond acceptors (Lipinski definition) is 1. The molecule has 0 amide bonds. The molecule has 0 aliphatic carbocycles. The van der Waals surface area contributed by atoms with E-state index in [1.165, 1.54) is 20.9 Å². The zero-order valence-electron chi connectivity index (χ0n) is 19.0. The van der Waals surface area contributed by atoms with Crippen molar-refractivity contribution in [1.29, 1.82) is 0 Å². The van der Waals surface area contributed by atoms with E-state index in [1.807, 2.05) is 30.3 Å². The van der Waals surface area contributed by atoms with Gasteiger partial charge in [-0.3, -0.25) is 4.79 Å². The molecule has 0 aromatic heterocycles. The molecule has 3 rings (SSSR count). The van der Waals surface area contributed by atoms with Crippen molar-refractivity contribution in [3.8, 4) is 0 Å². The van der Waals surface area contributed by atoms with Gasteiger partial charge < -0.3 is 0 Å². The number of benzene rings is 3. The Labute approximate surface area is 184 Å². The van der Waals surface area contributed by atoms with Crippen LogP contribution in [0.3, 0.4) is 0 Å². The molecule has 0 saturated heterocycles. The van der Waals surface area contributed by atoms with Crippen LogP contribution < -0.4 is 0 Å². The van der Waals surface area contributed by atoms with Crippen LogP contribution in [-0.2, 0) is 21.7 Å². The Morgan fingerprint density at radius 2 is 1.03 bits per heavy atom. The van der Waals surface area contributed by atoms with Crippen molar-refractivity contribution in [1.82, 2.24) is 0 Å². The fourth-order valence-corrected chi connectivity index (χ4v) is 6.46.